The summed E-state index contributed by atoms with van der Waals surface area (Å²) in [5.41, 5.74) is 0.413. The Morgan fingerprint density at radius 1 is 1.03 bits per heavy atom. The number of carbonyl (C=O) groups is 1. The SMILES string of the molecule is COc1ccc(NC(=O)Cc2c(F)cccc2Cl)cc1S(=O)(=O)Nc1ccccc1Cl. The zero-order valence-electron chi connectivity index (χ0n) is 16.2. The van der Waals surface area contributed by atoms with E-state index in [2.05, 4.69) is 10.0 Å². The van der Waals surface area contributed by atoms with E-state index in [1.54, 1.807) is 18.2 Å². The molecule has 1 amide bonds. The number of carbonyl (C=O) groups excluding carboxylic acids is 1. The number of hydrogen-bond acceptors (Lipinski definition) is 4. The molecule has 31 heavy (non-hydrogen) atoms. The van der Waals surface area contributed by atoms with Crippen LogP contribution in [-0.2, 0) is 21.2 Å². The zero-order valence-corrected chi connectivity index (χ0v) is 18.5. The van der Waals surface area contributed by atoms with Gasteiger partial charge in [-0.2, -0.15) is 0 Å². The molecule has 0 radical (unpaired) electrons. The lowest BCUT2D eigenvalue weighted by Crippen LogP contribution is -2.17. The van der Waals surface area contributed by atoms with E-state index >= 15 is 0 Å². The maximum absolute atomic E-state index is 13.9. The second-order valence-corrected chi connectivity index (χ2v) is 8.84. The molecule has 0 aliphatic carbocycles. The Bertz CT molecular complexity index is 1220. The van der Waals surface area contributed by atoms with Crippen molar-refractivity contribution in [2.24, 2.45) is 0 Å². The molecule has 0 bridgehead atoms. The second-order valence-electron chi connectivity index (χ2n) is 6.38. The standard InChI is InChI=1S/C21H17Cl2FN2O4S/c1-30-19-10-9-13(25-21(27)12-14-15(22)6-4-7-17(14)24)11-20(19)31(28,29)26-18-8-3-2-5-16(18)23/h2-11,26H,12H2,1H3,(H,25,27). The number of sulfonamides is 1. The number of anilines is 2. The van der Waals surface area contributed by atoms with Crippen molar-refractivity contribution in [3.05, 3.63) is 82.1 Å². The maximum Gasteiger partial charge on any atom is 0.265 e. The van der Waals surface area contributed by atoms with Gasteiger partial charge in [-0.05, 0) is 42.5 Å². The molecule has 0 saturated carbocycles. The summed E-state index contributed by atoms with van der Waals surface area (Å²) >= 11 is 12.0. The number of para-hydroxylation sites is 1. The predicted molar refractivity (Wildman–Crippen MR) is 119 cm³/mol. The van der Waals surface area contributed by atoms with Gasteiger partial charge in [0.05, 0.1) is 24.2 Å². The van der Waals surface area contributed by atoms with Crippen molar-refractivity contribution in [1.29, 1.82) is 0 Å². The molecular formula is C21H17Cl2FN2O4S. The van der Waals surface area contributed by atoms with Crippen molar-refractivity contribution in [3.63, 3.8) is 0 Å². The molecule has 2 N–H and O–H groups in total. The maximum atomic E-state index is 13.9. The van der Waals surface area contributed by atoms with E-state index in [0.717, 1.165) is 0 Å². The number of halogens is 3. The third-order valence-electron chi connectivity index (χ3n) is 4.25. The first-order chi connectivity index (χ1) is 14.7. The van der Waals surface area contributed by atoms with Crippen molar-refractivity contribution in [2.45, 2.75) is 11.3 Å². The third-order valence-corrected chi connectivity index (χ3v) is 6.32. The van der Waals surface area contributed by atoms with Gasteiger partial charge in [0.15, 0.2) is 0 Å². The van der Waals surface area contributed by atoms with Crippen LogP contribution in [-0.4, -0.2) is 21.4 Å². The first-order valence-corrected chi connectivity index (χ1v) is 11.1. The Labute approximate surface area is 189 Å². The number of amides is 1. The Hall–Kier alpha value is -2.81. The lowest BCUT2D eigenvalue weighted by Gasteiger charge is -2.14. The molecule has 0 heterocycles. The molecule has 0 saturated heterocycles. The summed E-state index contributed by atoms with van der Waals surface area (Å²) in [6.45, 7) is 0. The topological polar surface area (TPSA) is 84.5 Å². The lowest BCUT2D eigenvalue weighted by atomic mass is 10.1. The van der Waals surface area contributed by atoms with Crippen molar-refractivity contribution in [2.75, 3.05) is 17.1 Å². The minimum atomic E-state index is -4.10. The van der Waals surface area contributed by atoms with Crippen LogP contribution in [0.4, 0.5) is 15.8 Å². The normalized spacial score (nSPS) is 11.1. The Kier molecular flexibility index (Phi) is 7.04. The molecule has 0 aromatic heterocycles. The second kappa shape index (κ2) is 9.55. The van der Waals surface area contributed by atoms with Crippen LogP contribution in [0.15, 0.2) is 65.6 Å². The van der Waals surface area contributed by atoms with Crippen LogP contribution >= 0.6 is 23.2 Å². The largest absolute Gasteiger partial charge is 0.495 e. The molecule has 0 aliphatic heterocycles. The predicted octanol–water partition coefficient (Wildman–Crippen LogP) is 5.12. The first-order valence-electron chi connectivity index (χ1n) is 8.89. The van der Waals surface area contributed by atoms with Crippen LogP contribution in [0.2, 0.25) is 10.0 Å². The van der Waals surface area contributed by atoms with Crippen LogP contribution in [0, 0.1) is 5.82 Å². The highest BCUT2D eigenvalue weighted by Gasteiger charge is 2.22. The van der Waals surface area contributed by atoms with Gasteiger partial charge in [0, 0.05) is 16.3 Å². The highest BCUT2D eigenvalue weighted by Crippen LogP contribution is 2.31. The summed E-state index contributed by atoms with van der Waals surface area (Å²) in [6, 6.07) is 14.6. The van der Waals surface area contributed by atoms with Crippen LogP contribution in [0.3, 0.4) is 0 Å². The van der Waals surface area contributed by atoms with Crippen LogP contribution in [0.25, 0.3) is 0 Å². The van der Waals surface area contributed by atoms with Crippen molar-refractivity contribution in [1.82, 2.24) is 0 Å². The molecule has 162 valence electrons. The summed E-state index contributed by atoms with van der Waals surface area (Å²) in [5.74, 6) is -1.11. The number of rotatable bonds is 7. The van der Waals surface area contributed by atoms with E-state index in [4.69, 9.17) is 27.9 Å². The molecule has 3 aromatic rings. The fourth-order valence-corrected chi connectivity index (χ4v) is 4.52. The van der Waals surface area contributed by atoms with Gasteiger partial charge < -0.3 is 10.1 Å². The van der Waals surface area contributed by atoms with E-state index in [1.165, 1.54) is 49.6 Å². The molecule has 0 atom stereocenters. The van der Waals surface area contributed by atoms with Gasteiger partial charge in [-0.15, -0.1) is 0 Å². The molecular weight excluding hydrogens is 466 g/mol. The van der Waals surface area contributed by atoms with E-state index < -0.39 is 21.7 Å². The number of methoxy groups -OCH3 is 1. The Morgan fingerprint density at radius 2 is 1.74 bits per heavy atom. The smallest absolute Gasteiger partial charge is 0.265 e. The van der Waals surface area contributed by atoms with Crippen LogP contribution in [0.5, 0.6) is 5.75 Å². The fourth-order valence-electron chi connectivity index (χ4n) is 2.78. The van der Waals surface area contributed by atoms with E-state index in [0.29, 0.717) is 0 Å². The van der Waals surface area contributed by atoms with Crippen LogP contribution < -0.4 is 14.8 Å². The summed E-state index contributed by atoms with van der Waals surface area (Å²) < 4.78 is 47.3. The molecule has 10 heteroatoms. The number of ether oxygens (including phenoxy) is 1. The number of nitrogens with one attached hydrogen (secondary N) is 2. The van der Waals surface area contributed by atoms with E-state index in [9.17, 15) is 17.6 Å². The lowest BCUT2D eigenvalue weighted by molar-refractivity contribution is -0.115. The van der Waals surface area contributed by atoms with Crippen molar-refractivity contribution in [3.8, 4) is 5.75 Å². The molecule has 3 rings (SSSR count). The van der Waals surface area contributed by atoms with Gasteiger partial charge in [-0.25, -0.2) is 12.8 Å². The van der Waals surface area contributed by atoms with E-state index in [-0.39, 0.29) is 44.0 Å². The zero-order chi connectivity index (χ0) is 22.6. The number of benzene rings is 3. The van der Waals surface area contributed by atoms with Gasteiger partial charge in [0.2, 0.25) is 5.91 Å². The highest BCUT2D eigenvalue weighted by atomic mass is 35.5. The molecule has 0 fully saturated rings. The molecule has 0 spiro atoms. The van der Waals surface area contributed by atoms with Gasteiger partial charge in [-0.1, -0.05) is 41.4 Å². The van der Waals surface area contributed by atoms with Gasteiger partial charge in [0.25, 0.3) is 10.0 Å². The van der Waals surface area contributed by atoms with E-state index in [1.807, 2.05) is 0 Å². The fraction of sp³-hybridized carbons (Fsp3) is 0.0952. The Morgan fingerprint density at radius 3 is 2.42 bits per heavy atom. The molecule has 0 unspecified atom stereocenters. The summed E-state index contributed by atoms with van der Waals surface area (Å²) in [4.78, 5) is 12.2. The van der Waals surface area contributed by atoms with Crippen molar-refractivity contribution < 1.29 is 22.3 Å². The average Bonchev–Trinajstić information content (AvgIpc) is 2.72. The van der Waals surface area contributed by atoms with Crippen LogP contribution in [0.1, 0.15) is 5.56 Å². The minimum absolute atomic E-state index is 0.0448. The molecule has 0 aliphatic rings. The van der Waals surface area contributed by atoms with Gasteiger partial charge in [-0.3, -0.25) is 9.52 Å². The van der Waals surface area contributed by atoms with Crippen molar-refractivity contribution >= 4 is 50.5 Å². The molecule has 3 aromatic carbocycles. The first kappa shape index (κ1) is 22.9. The van der Waals surface area contributed by atoms with Gasteiger partial charge >= 0.3 is 0 Å². The minimum Gasteiger partial charge on any atom is -0.495 e. The van der Waals surface area contributed by atoms with Gasteiger partial charge in [0.1, 0.15) is 16.5 Å². The third kappa shape index (κ3) is 5.46. The monoisotopic (exact) mass is 482 g/mol. The summed E-state index contributed by atoms with van der Waals surface area (Å²) in [5, 5.41) is 2.89. The Balaban J connectivity index is 1.86. The number of hydrogen-bond donors (Lipinski definition) is 2. The molecule has 6 nitrogen and oxygen atoms in total. The average molecular weight is 483 g/mol. The highest BCUT2D eigenvalue weighted by molar-refractivity contribution is 7.92. The summed E-state index contributed by atoms with van der Waals surface area (Å²) in [6.07, 6.45) is -0.322. The quantitative estimate of drug-likeness (QED) is 0.489. The summed E-state index contributed by atoms with van der Waals surface area (Å²) in [7, 11) is -2.78.